The summed E-state index contributed by atoms with van der Waals surface area (Å²) in [5.74, 6) is -0.136. The number of hydrogen-bond donors (Lipinski definition) is 1. The molecule has 0 unspecified atom stereocenters. The molecule has 14 heavy (non-hydrogen) atoms. The molecule has 0 aliphatic rings. The van der Waals surface area contributed by atoms with E-state index in [9.17, 15) is 9.59 Å². The van der Waals surface area contributed by atoms with Gasteiger partial charge in [-0.3, -0.25) is 13.9 Å². The van der Waals surface area contributed by atoms with Crippen molar-refractivity contribution in [3.05, 3.63) is 22.9 Å². The summed E-state index contributed by atoms with van der Waals surface area (Å²) in [7, 11) is 0. The van der Waals surface area contributed by atoms with Crippen molar-refractivity contribution in [3.8, 4) is 0 Å². The molecular formula is C9H15N3O2. The van der Waals surface area contributed by atoms with Crippen LogP contribution in [0, 0.1) is 0 Å². The van der Waals surface area contributed by atoms with Crippen LogP contribution < -0.4 is 11.0 Å². The molecule has 5 heteroatoms. The lowest BCUT2D eigenvalue weighted by atomic mass is 10.5. The molecule has 0 atom stereocenters. The number of imidazole rings is 1. The van der Waals surface area contributed by atoms with Gasteiger partial charge in [-0.2, -0.15) is 0 Å². The molecule has 1 aromatic heterocycles. The van der Waals surface area contributed by atoms with Gasteiger partial charge in [-0.25, -0.2) is 4.79 Å². The van der Waals surface area contributed by atoms with Crippen molar-refractivity contribution in [3.63, 3.8) is 0 Å². The SMILES string of the molecule is CCNC(=O)Cn1ccn(CC)c1=O. The van der Waals surface area contributed by atoms with E-state index in [1.54, 1.807) is 17.0 Å². The first kappa shape index (κ1) is 10.6. The van der Waals surface area contributed by atoms with Gasteiger partial charge in [-0.15, -0.1) is 0 Å². The number of nitrogens with zero attached hydrogens (tertiary/aromatic N) is 2. The zero-order valence-electron chi connectivity index (χ0n) is 8.49. The first-order chi connectivity index (χ1) is 6.69. The number of carbonyl (C=O) groups is 1. The number of aryl methyl sites for hydroxylation is 1. The molecule has 5 nitrogen and oxygen atoms in total. The second kappa shape index (κ2) is 4.64. The van der Waals surface area contributed by atoms with E-state index in [4.69, 9.17) is 0 Å². The average molecular weight is 197 g/mol. The van der Waals surface area contributed by atoms with E-state index in [0.717, 1.165) is 0 Å². The van der Waals surface area contributed by atoms with Crippen LogP contribution >= 0.6 is 0 Å². The molecular weight excluding hydrogens is 182 g/mol. The molecule has 1 rings (SSSR count). The summed E-state index contributed by atoms with van der Waals surface area (Å²) in [6, 6.07) is 0. The topological polar surface area (TPSA) is 56.0 Å². The quantitative estimate of drug-likeness (QED) is 0.727. The molecule has 0 radical (unpaired) electrons. The van der Waals surface area contributed by atoms with E-state index in [1.165, 1.54) is 4.57 Å². The largest absolute Gasteiger partial charge is 0.355 e. The fraction of sp³-hybridized carbons (Fsp3) is 0.556. The van der Waals surface area contributed by atoms with Gasteiger partial charge in [-0.05, 0) is 13.8 Å². The summed E-state index contributed by atoms with van der Waals surface area (Å²) in [4.78, 5) is 22.7. The van der Waals surface area contributed by atoms with Gasteiger partial charge in [0.25, 0.3) is 0 Å². The van der Waals surface area contributed by atoms with Gasteiger partial charge in [0.15, 0.2) is 0 Å². The van der Waals surface area contributed by atoms with E-state index in [1.807, 2.05) is 13.8 Å². The third-order valence-corrected chi connectivity index (χ3v) is 1.95. The third kappa shape index (κ3) is 2.25. The fourth-order valence-electron chi connectivity index (χ4n) is 1.22. The maximum Gasteiger partial charge on any atom is 0.328 e. The van der Waals surface area contributed by atoms with Crippen molar-refractivity contribution < 1.29 is 4.79 Å². The van der Waals surface area contributed by atoms with E-state index in [-0.39, 0.29) is 18.1 Å². The summed E-state index contributed by atoms with van der Waals surface area (Å²) in [6.07, 6.45) is 3.31. The lowest BCUT2D eigenvalue weighted by Crippen LogP contribution is -2.32. The van der Waals surface area contributed by atoms with Gasteiger partial charge in [0.1, 0.15) is 6.54 Å². The predicted molar refractivity (Wildman–Crippen MR) is 53.0 cm³/mol. The number of carbonyl (C=O) groups excluding carboxylic acids is 1. The molecule has 1 aromatic rings. The van der Waals surface area contributed by atoms with Crippen molar-refractivity contribution in [2.24, 2.45) is 0 Å². The van der Waals surface area contributed by atoms with Crippen LogP contribution in [0.15, 0.2) is 17.2 Å². The van der Waals surface area contributed by atoms with Gasteiger partial charge in [0, 0.05) is 25.5 Å². The highest BCUT2D eigenvalue weighted by molar-refractivity contribution is 5.75. The summed E-state index contributed by atoms with van der Waals surface area (Å²) in [5, 5.41) is 2.64. The van der Waals surface area contributed by atoms with Gasteiger partial charge in [-0.1, -0.05) is 0 Å². The minimum atomic E-state index is -0.140. The molecule has 0 spiro atoms. The predicted octanol–water partition coefficient (Wildman–Crippen LogP) is -0.194. The van der Waals surface area contributed by atoms with Gasteiger partial charge >= 0.3 is 5.69 Å². The monoisotopic (exact) mass is 197 g/mol. The molecule has 1 N–H and O–H groups in total. The first-order valence-corrected chi connectivity index (χ1v) is 4.71. The Labute approximate surface area is 82.3 Å². The Morgan fingerprint density at radius 1 is 1.36 bits per heavy atom. The second-order valence-corrected chi connectivity index (χ2v) is 2.95. The highest BCUT2D eigenvalue weighted by atomic mass is 16.2. The zero-order valence-corrected chi connectivity index (χ0v) is 8.49. The Morgan fingerprint density at radius 3 is 2.50 bits per heavy atom. The van der Waals surface area contributed by atoms with Crippen molar-refractivity contribution in [2.75, 3.05) is 6.54 Å². The number of rotatable bonds is 4. The number of hydrogen-bond acceptors (Lipinski definition) is 2. The summed E-state index contributed by atoms with van der Waals surface area (Å²) < 4.78 is 2.95. The normalized spacial score (nSPS) is 10.1. The third-order valence-electron chi connectivity index (χ3n) is 1.95. The van der Waals surface area contributed by atoms with Crippen LogP contribution in [0.1, 0.15) is 13.8 Å². The average Bonchev–Trinajstić information content (AvgIpc) is 2.48. The van der Waals surface area contributed by atoms with Gasteiger partial charge in [0.05, 0.1) is 0 Å². The molecule has 78 valence electrons. The highest BCUT2D eigenvalue weighted by Gasteiger charge is 2.05. The molecule has 0 bridgehead atoms. The number of amides is 1. The zero-order chi connectivity index (χ0) is 10.6. The lowest BCUT2D eigenvalue weighted by molar-refractivity contribution is -0.121. The molecule has 0 fully saturated rings. The smallest absolute Gasteiger partial charge is 0.328 e. The molecule has 1 amide bonds. The van der Waals surface area contributed by atoms with E-state index in [2.05, 4.69) is 5.32 Å². The summed E-state index contributed by atoms with van der Waals surface area (Å²) >= 11 is 0. The van der Waals surface area contributed by atoms with Crippen molar-refractivity contribution >= 4 is 5.91 Å². The molecule has 0 aliphatic heterocycles. The molecule has 0 saturated carbocycles. The lowest BCUT2D eigenvalue weighted by Gasteiger charge is -2.01. The van der Waals surface area contributed by atoms with Crippen molar-refractivity contribution in [2.45, 2.75) is 26.9 Å². The number of nitrogens with one attached hydrogen (secondary N) is 1. The van der Waals surface area contributed by atoms with E-state index >= 15 is 0 Å². The summed E-state index contributed by atoms with van der Waals surface area (Å²) in [5.41, 5.74) is -0.140. The Kier molecular flexibility index (Phi) is 3.50. The van der Waals surface area contributed by atoms with Crippen LogP contribution in [0.3, 0.4) is 0 Å². The van der Waals surface area contributed by atoms with Crippen molar-refractivity contribution in [1.29, 1.82) is 0 Å². The Hall–Kier alpha value is -1.52. The standard InChI is InChI=1S/C9H15N3O2/c1-3-10-8(13)7-12-6-5-11(4-2)9(12)14/h5-6H,3-4,7H2,1-2H3,(H,10,13). The fourth-order valence-corrected chi connectivity index (χ4v) is 1.22. The van der Waals surface area contributed by atoms with Gasteiger partial charge < -0.3 is 5.32 Å². The van der Waals surface area contributed by atoms with Crippen LogP contribution in [0.5, 0.6) is 0 Å². The maximum atomic E-state index is 11.5. The molecule has 0 aliphatic carbocycles. The Balaban J connectivity index is 2.72. The van der Waals surface area contributed by atoms with E-state index < -0.39 is 0 Å². The number of likely N-dealkylation sites (N-methyl/N-ethyl adjacent to an activating group) is 1. The molecule has 0 aromatic carbocycles. The minimum absolute atomic E-state index is 0.0969. The minimum Gasteiger partial charge on any atom is -0.355 e. The molecule has 1 heterocycles. The highest BCUT2D eigenvalue weighted by Crippen LogP contribution is 1.85. The maximum absolute atomic E-state index is 11.5. The van der Waals surface area contributed by atoms with Crippen LogP contribution in [0.4, 0.5) is 0 Å². The van der Waals surface area contributed by atoms with E-state index in [0.29, 0.717) is 13.1 Å². The Morgan fingerprint density at radius 2 is 2.00 bits per heavy atom. The van der Waals surface area contributed by atoms with Crippen LogP contribution in [-0.4, -0.2) is 21.6 Å². The first-order valence-electron chi connectivity index (χ1n) is 4.71. The van der Waals surface area contributed by atoms with Crippen molar-refractivity contribution in [1.82, 2.24) is 14.5 Å². The second-order valence-electron chi connectivity index (χ2n) is 2.95. The van der Waals surface area contributed by atoms with Gasteiger partial charge in [0.2, 0.25) is 5.91 Å². The van der Waals surface area contributed by atoms with Crippen LogP contribution in [0.2, 0.25) is 0 Å². The van der Waals surface area contributed by atoms with Crippen LogP contribution in [-0.2, 0) is 17.9 Å². The van der Waals surface area contributed by atoms with Crippen LogP contribution in [0.25, 0.3) is 0 Å². The Bertz CT molecular complexity index is 364. The molecule has 0 saturated heterocycles. The summed E-state index contributed by atoms with van der Waals surface area (Å²) in [6.45, 7) is 5.04. The number of aromatic nitrogens is 2.